The molecule has 0 unspecified atom stereocenters. The van der Waals surface area contributed by atoms with Gasteiger partial charge in [0.15, 0.2) is 52.4 Å². The fourth-order valence-electron chi connectivity index (χ4n) is 10.2. The van der Waals surface area contributed by atoms with Gasteiger partial charge in [-0.05, 0) is 42.0 Å². The van der Waals surface area contributed by atoms with Crippen molar-refractivity contribution >= 4 is 21.8 Å². The van der Waals surface area contributed by atoms with Crippen LogP contribution in [0.1, 0.15) is 0 Å². The summed E-state index contributed by atoms with van der Waals surface area (Å²) in [5.41, 5.74) is 9.74. The Balaban J connectivity index is 1.07. The fourth-order valence-corrected chi connectivity index (χ4v) is 10.2. The van der Waals surface area contributed by atoms with Crippen LogP contribution in [-0.2, 0) is 0 Å². The van der Waals surface area contributed by atoms with Crippen LogP contribution in [0.4, 0.5) is 8.78 Å². The Morgan fingerprint density at radius 2 is 0.531 bits per heavy atom. The number of benzene rings is 10. The van der Waals surface area contributed by atoms with E-state index < -0.39 is 11.6 Å². The summed E-state index contributed by atoms with van der Waals surface area (Å²) in [6, 6.07) is 80.5. The highest BCUT2D eigenvalue weighted by Crippen LogP contribution is 2.42. The number of hydrogen-bond acceptors (Lipinski definition) is 9. The Morgan fingerprint density at radius 1 is 0.235 bits per heavy atom. The van der Waals surface area contributed by atoms with Crippen molar-refractivity contribution in [2.45, 2.75) is 0 Å². The second-order valence-corrected chi connectivity index (χ2v) is 19.3. The maximum atomic E-state index is 16.2. The quantitative estimate of drug-likeness (QED) is 0.125. The maximum absolute atomic E-state index is 16.2. The maximum Gasteiger partial charge on any atom is 0.166 e. The fraction of sp³-hybridized carbons (Fsp3) is 0. The summed E-state index contributed by atoms with van der Waals surface area (Å²) in [5, 5.41) is 1.78. The molecule has 81 heavy (non-hydrogen) atoms. The Bertz CT molecular complexity index is 4290. The molecule has 14 rings (SSSR count). The van der Waals surface area contributed by atoms with Crippen LogP contribution in [0.2, 0.25) is 0 Å². The predicted molar refractivity (Wildman–Crippen MR) is 315 cm³/mol. The van der Waals surface area contributed by atoms with Gasteiger partial charge in [-0.2, -0.15) is 0 Å². The molecular weight excluding hydrogens is 1010 g/mol. The third kappa shape index (κ3) is 9.42. The third-order valence-corrected chi connectivity index (χ3v) is 14.1. The van der Waals surface area contributed by atoms with E-state index in [4.69, 9.17) is 44.9 Å². The number of fused-ring (bicyclic) bond motifs is 3. The van der Waals surface area contributed by atoms with Crippen LogP contribution in [0.3, 0.4) is 0 Å². The van der Waals surface area contributed by atoms with Gasteiger partial charge in [0.25, 0.3) is 0 Å². The van der Waals surface area contributed by atoms with Crippen LogP contribution < -0.4 is 0 Å². The second-order valence-electron chi connectivity index (χ2n) is 19.3. The zero-order valence-corrected chi connectivity index (χ0v) is 43.0. The molecule has 10 nitrogen and oxygen atoms in total. The summed E-state index contributed by atoms with van der Waals surface area (Å²) in [7, 11) is 0. The molecule has 10 aromatic carbocycles. The molecule has 382 valence electrons. The SMILES string of the molecule is Fc1ccc(-c2ccc(-c3nc(-c4ccccc4)nc(-c4ccccc4)n3)c(-n3c4cc(-c5nc(-c6ccccc6)nc(-c6ccccc6)n5)ccc4c4ccc(-c5nc(-c6ccccc6)nc(-c6ccccc6)n5)cc43)c2)c(F)c1. The molecule has 0 saturated heterocycles. The van der Waals surface area contributed by atoms with Gasteiger partial charge in [-0.1, -0.05) is 212 Å². The van der Waals surface area contributed by atoms with Crippen LogP contribution in [-0.4, -0.2) is 49.4 Å². The van der Waals surface area contributed by atoms with Crippen LogP contribution >= 0.6 is 0 Å². The van der Waals surface area contributed by atoms with E-state index in [0.717, 1.165) is 61.3 Å². The summed E-state index contributed by atoms with van der Waals surface area (Å²) >= 11 is 0. The van der Waals surface area contributed by atoms with Gasteiger partial charge in [-0.15, -0.1) is 0 Å². The lowest BCUT2D eigenvalue weighted by atomic mass is 10.0. The van der Waals surface area contributed by atoms with Gasteiger partial charge in [0, 0.05) is 72.5 Å². The van der Waals surface area contributed by atoms with Crippen molar-refractivity contribution in [2.75, 3.05) is 0 Å². The van der Waals surface area contributed by atoms with E-state index in [1.807, 2.05) is 212 Å². The minimum atomic E-state index is -0.713. The Morgan fingerprint density at radius 3 is 0.864 bits per heavy atom. The zero-order valence-electron chi connectivity index (χ0n) is 43.0. The monoisotopic (exact) mass is 1050 g/mol. The van der Waals surface area contributed by atoms with E-state index in [0.29, 0.717) is 80.4 Å². The number of halogens is 2. The average Bonchev–Trinajstić information content (AvgIpc) is 4.14. The number of hydrogen-bond donors (Lipinski definition) is 0. The van der Waals surface area contributed by atoms with Crippen LogP contribution in [0.5, 0.6) is 0 Å². The first-order valence-corrected chi connectivity index (χ1v) is 26.2. The molecule has 0 atom stereocenters. The van der Waals surface area contributed by atoms with Crippen molar-refractivity contribution in [1.82, 2.24) is 49.4 Å². The molecular formula is C69H42F2N10. The highest BCUT2D eigenvalue weighted by molar-refractivity contribution is 6.11. The summed E-state index contributed by atoms with van der Waals surface area (Å²) in [6.45, 7) is 0. The van der Waals surface area contributed by atoms with E-state index >= 15 is 4.39 Å². The minimum absolute atomic E-state index is 0.205. The molecule has 0 amide bonds. The first-order chi connectivity index (χ1) is 39.9. The van der Waals surface area contributed by atoms with Crippen molar-refractivity contribution in [3.63, 3.8) is 0 Å². The third-order valence-electron chi connectivity index (χ3n) is 14.1. The van der Waals surface area contributed by atoms with Crippen LogP contribution in [0.25, 0.3) is 141 Å². The smallest absolute Gasteiger partial charge is 0.166 e. The molecule has 0 aliphatic heterocycles. The van der Waals surface area contributed by atoms with Crippen molar-refractivity contribution in [2.24, 2.45) is 0 Å². The normalized spacial score (nSPS) is 11.3. The van der Waals surface area contributed by atoms with Gasteiger partial charge < -0.3 is 4.57 Å². The van der Waals surface area contributed by atoms with Crippen molar-refractivity contribution in [3.8, 4) is 119 Å². The van der Waals surface area contributed by atoms with E-state index in [1.54, 1.807) is 0 Å². The molecule has 4 heterocycles. The summed E-state index contributed by atoms with van der Waals surface area (Å²) in [4.78, 5) is 46.0. The Labute approximate surface area is 463 Å². The molecule has 0 saturated carbocycles. The second kappa shape index (κ2) is 20.7. The van der Waals surface area contributed by atoms with E-state index in [2.05, 4.69) is 28.8 Å². The van der Waals surface area contributed by atoms with Gasteiger partial charge in [0.2, 0.25) is 0 Å². The lowest BCUT2D eigenvalue weighted by molar-refractivity contribution is 0.585. The molecule has 0 fully saturated rings. The molecule has 14 aromatic rings. The van der Waals surface area contributed by atoms with Gasteiger partial charge in [0.1, 0.15) is 11.6 Å². The van der Waals surface area contributed by atoms with Gasteiger partial charge in [-0.25, -0.2) is 53.6 Å². The Kier molecular flexibility index (Phi) is 12.3. The predicted octanol–water partition coefficient (Wildman–Crippen LogP) is 16.3. The largest absolute Gasteiger partial charge is 0.308 e. The molecule has 0 aliphatic carbocycles. The van der Waals surface area contributed by atoms with Crippen molar-refractivity contribution in [3.05, 3.63) is 266 Å². The summed E-state index contributed by atoms with van der Waals surface area (Å²) < 4.78 is 33.0. The number of nitrogens with zero attached hydrogens (tertiary/aromatic N) is 10. The van der Waals surface area contributed by atoms with E-state index in [9.17, 15) is 4.39 Å². The van der Waals surface area contributed by atoms with E-state index in [-0.39, 0.29) is 5.56 Å². The van der Waals surface area contributed by atoms with Gasteiger partial charge >= 0.3 is 0 Å². The molecule has 12 heteroatoms. The first kappa shape index (κ1) is 48.3. The van der Waals surface area contributed by atoms with Crippen LogP contribution in [0.15, 0.2) is 255 Å². The van der Waals surface area contributed by atoms with Crippen molar-refractivity contribution in [1.29, 1.82) is 0 Å². The van der Waals surface area contributed by atoms with Gasteiger partial charge in [0.05, 0.1) is 16.7 Å². The summed E-state index contributed by atoms with van der Waals surface area (Å²) in [6.07, 6.45) is 0. The highest BCUT2D eigenvalue weighted by atomic mass is 19.1. The van der Waals surface area contributed by atoms with Crippen molar-refractivity contribution < 1.29 is 8.78 Å². The molecule has 4 aromatic heterocycles. The topological polar surface area (TPSA) is 121 Å². The lowest BCUT2D eigenvalue weighted by Gasteiger charge is -2.17. The van der Waals surface area contributed by atoms with Crippen LogP contribution in [0, 0.1) is 11.6 Å². The minimum Gasteiger partial charge on any atom is -0.308 e. The lowest BCUT2D eigenvalue weighted by Crippen LogP contribution is -2.05. The molecule has 0 bridgehead atoms. The summed E-state index contributed by atoms with van der Waals surface area (Å²) in [5.74, 6) is 2.85. The average molecular weight is 1050 g/mol. The molecule has 0 aliphatic rings. The Hall–Kier alpha value is -11.1. The number of rotatable bonds is 11. The standard InChI is InChI=1S/C69H42F2N10/c70-52-34-38-53(57(71)42-52)49-31-37-56(69-79-65(47-27-15-5-16-28-47)74-66(80-69)48-29-17-6-18-30-48)60(39-49)81-58-40-50(67-75-61(43-19-7-1-8-20-43)72-62(76-67)44-21-9-2-10-22-44)32-35-54(58)55-36-33-51(41-59(55)81)68-77-63(45-23-11-3-12-24-45)73-64(78-68)46-25-13-4-14-26-46/h1-42H. The van der Waals surface area contributed by atoms with Gasteiger partial charge in [-0.3, -0.25) is 0 Å². The van der Waals surface area contributed by atoms with E-state index in [1.165, 1.54) is 12.1 Å². The number of aromatic nitrogens is 10. The first-order valence-electron chi connectivity index (χ1n) is 26.2. The highest BCUT2D eigenvalue weighted by Gasteiger charge is 2.24. The molecule has 0 spiro atoms. The molecule has 0 radical (unpaired) electrons. The zero-order chi connectivity index (χ0) is 54.2. The molecule has 0 N–H and O–H groups in total.